The Labute approximate surface area is 247 Å². The quantitative estimate of drug-likeness (QED) is 0.301. The molecule has 5 rings (SSSR count). The monoisotopic (exact) mass is 570 g/mol. The van der Waals surface area contributed by atoms with E-state index in [1.54, 1.807) is 13.3 Å². The zero-order valence-electron chi connectivity index (χ0n) is 24.1. The summed E-state index contributed by atoms with van der Waals surface area (Å²) in [6, 6.07) is 12.4. The lowest BCUT2D eigenvalue weighted by molar-refractivity contribution is 0.249. The van der Waals surface area contributed by atoms with Crippen molar-refractivity contribution >= 4 is 48.2 Å². The SMILES string of the molecule is COc1cc(N2CCC(N(C)C)CC2)c(Cl)cc1Nc1nccc(-c2cc(C#N)c3c(c2)C(C)(C)CN3[B]C=O)n1. The fourth-order valence-corrected chi connectivity index (χ4v) is 6.14. The van der Waals surface area contributed by atoms with Gasteiger partial charge in [-0.05, 0) is 56.8 Å². The Morgan fingerprint density at radius 3 is 2.66 bits per heavy atom. The number of methoxy groups -OCH3 is 1. The van der Waals surface area contributed by atoms with Crippen molar-refractivity contribution in [2.75, 3.05) is 55.9 Å². The fraction of sp³-hybridized carbons (Fsp3) is 0.400. The molecule has 211 valence electrons. The third kappa shape index (κ3) is 5.70. The number of fused-ring (bicyclic) bond motifs is 1. The van der Waals surface area contributed by atoms with Crippen molar-refractivity contribution in [3.05, 3.63) is 52.7 Å². The van der Waals surface area contributed by atoms with Gasteiger partial charge in [-0.15, -0.1) is 0 Å². The van der Waals surface area contributed by atoms with Gasteiger partial charge < -0.3 is 29.5 Å². The molecule has 2 aliphatic rings. The second-order valence-electron chi connectivity index (χ2n) is 11.4. The molecule has 1 aromatic heterocycles. The van der Waals surface area contributed by atoms with E-state index in [-0.39, 0.29) is 5.41 Å². The molecule has 1 fully saturated rings. The number of halogens is 1. The second kappa shape index (κ2) is 11.6. The van der Waals surface area contributed by atoms with Crippen molar-refractivity contribution in [1.82, 2.24) is 14.9 Å². The Morgan fingerprint density at radius 2 is 2.00 bits per heavy atom. The molecule has 2 aliphatic heterocycles. The van der Waals surface area contributed by atoms with Crippen molar-refractivity contribution in [1.29, 1.82) is 5.26 Å². The van der Waals surface area contributed by atoms with Crippen LogP contribution in [0.5, 0.6) is 5.75 Å². The van der Waals surface area contributed by atoms with Crippen molar-refractivity contribution < 1.29 is 9.53 Å². The van der Waals surface area contributed by atoms with Crippen LogP contribution in [0.15, 0.2) is 36.5 Å². The Bertz CT molecular complexity index is 1500. The van der Waals surface area contributed by atoms with E-state index in [9.17, 15) is 10.1 Å². The average Bonchev–Trinajstić information content (AvgIpc) is 3.22. The minimum absolute atomic E-state index is 0.252. The van der Waals surface area contributed by atoms with Gasteiger partial charge >= 0.3 is 7.41 Å². The zero-order chi connectivity index (χ0) is 29.3. The van der Waals surface area contributed by atoms with Gasteiger partial charge in [0.15, 0.2) is 0 Å². The van der Waals surface area contributed by atoms with Gasteiger partial charge in [-0.3, -0.25) is 0 Å². The Balaban J connectivity index is 1.43. The van der Waals surface area contributed by atoms with Gasteiger partial charge in [-0.25, -0.2) is 9.97 Å². The van der Waals surface area contributed by atoms with Crippen LogP contribution in [0.1, 0.15) is 37.8 Å². The van der Waals surface area contributed by atoms with Crippen LogP contribution >= 0.6 is 11.6 Å². The van der Waals surface area contributed by atoms with Crippen LogP contribution in [0.25, 0.3) is 11.3 Å². The first-order valence-corrected chi connectivity index (χ1v) is 14.1. The molecule has 0 unspecified atom stereocenters. The summed E-state index contributed by atoms with van der Waals surface area (Å²) < 4.78 is 5.73. The highest BCUT2D eigenvalue weighted by molar-refractivity contribution is 6.70. The summed E-state index contributed by atoms with van der Waals surface area (Å²) in [6.45, 7) is 6.67. The number of nitrogens with zero attached hydrogens (tertiary/aromatic N) is 6. The molecule has 1 saturated heterocycles. The van der Waals surface area contributed by atoms with Crippen molar-refractivity contribution in [2.24, 2.45) is 0 Å². The van der Waals surface area contributed by atoms with Crippen molar-refractivity contribution in [3.8, 4) is 23.1 Å². The molecule has 2 aromatic carbocycles. The molecule has 9 nitrogen and oxygen atoms in total. The summed E-state index contributed by atoms with van der Waals surface area (Å²) in [4.78, 5) is 26.9. The number of hydrogen-bond donors (Lipinski definition) is 1. The van der Waals surface area contributed by atoms with Crippen LogP contribution in [0.3, 0.4) is 0 Å². The third-order valence-corrected chi connectivity index (χ3v) is 8.36. The number of nitrogens with one attached hydrogen (secondary N) is 1. The molecular weight excluding hydrogens is 537 g/mol. The van der Waals surface area contributed by atoms with E-state index in [0.717, 1.165) is 54.6 Å². The number of piperidine rings is 1. The van der Waals surface area contributed by atoms with Gasteiger partial charge in [0, 0.05) is 54.6 Å². The van der Waals surface area contributed by atoms with Gasteiger partial charge in [-0.2, -0.15) is 5.26 Å². The van der Waals surface area contributed by atoms with Crippen LogP contribution in [0, 0.1) is 11.3 Å². The summed E-state index contributed by atoms with van der Waals surface area (Å²) in [6.07, 6.45) is 4.58. The minimum atomic E-state index is -0.252. The predicted octanol–water partition coefficient (Wildman–Crippen LogP) is 4.86. The van der Waals surface area contributed by atoms with Crippen LogP contribution < -0.4 is 19.8 Å². The molecule has 11 heteroatoms. The summed E-state index contributed by atoms with van der Waals surface area (Å²) >= 11 is 6.79. The number of hydrogen-bond acceptors (Lipinski definition) is 9. The van der Waals surface area contributed by atoms with Gasteiger partial charge in [0.25, 0.3) is 0 Å². The van der Waals surface area contributed by atoms with E-state index in [1.165, 1.54) is 7.41 Å². The highest BCUT2D eigenvalue weighted by atomic mass is 35.5. The average molecular weight is 571 g/mol. The Hall–Kier alpha value is -3.81. The van der Waals surface area contributed by atoms with Gasteiger partial charge in [0.1, 0.15) is 18.0 Å². The van der Waals surface area contributed by atoms with Crippen molar-refractivity contribution in [2.45, 2.75) is 38.1 Å². The Morgan fingerprint density at radius 1 is 1.24 bits per heavy atom. The highest BCUT2D eigenvalue weighted by Crippen LogP contribution is 2.44. The first kappa shape index (κ1) is 28.7. The minimum Gasteiger partial charge on any atom is -0.494 e. The molecule has 0 saturated carbocycles. The normalized spacial score (nSPS) is 16.3. The molecule has 1 N–H and O–H groups in total. The first-order valence-electron chi connectivity index (χ1n) is 13.7. The topological polar surface area (TPSA) is 97.6 Å². The summed E-state index contributed by atoms with van der Waals surface area (Å²) in [5.74, 6) is 1.02. The van der Waals surface area contributed by atoms with Gasteiger partial charge in [0.2, 0.25) is 5.95 Å². The van der Waals surface area contributed by atoms with E-state index >= 15 is 0 Å². The summed E-state index contributed by atoms with van der Waals surface area (Å²) in [5.41, 5.74) is 5.09. The maximum atomic E-state index is 11.2. The summed E-state index contributed by atoms with van der Waals surface area (Å²) in [5, 5.41) is 13.9. The number of anilines is 4. The standard InChI is InChI=1S/C30H34BClN7O2/c1-30(2)17-39(31-18-40)28-20(16-33)12-19(13-22(28)30)24-6-9-34-29(35-24)36-25-14-23(32)26(15-27(25)41-5)38-10-7-21(8-11-38)37(3)4/h6,9,12-15,18,21H,7-8,10-11,17H2,1-5H3,(H,34,35,36). The molecule has 0 spiro atoms. The lowest BCUT2D eigenvalue weighted by Crippen LogP contribution is -2.42. The molecule has 41 heavy (non-hydrogen) atoms. The van der Waals surface area contributed by atoms with Gasteiger partial charge in [0.05, 0.1) is 34.8 Å². The second-order valence-corrected chi connectivity index (χ2v) is 11.8. The van der Waals surface area contributed by atoms with E-state index < -0.39 is 0 Å². The van der Waals surface area contributed by atoms with E-state index in [1.807, 2.05) is 35.1 Å². The number of carbonyl (C=O) groups excluding carboxylic acids is 1. The number of nitriles is 1. The predicted molar refractivity (Wildman–Crippen MR) is 165 cm³/mol. The molecule has 0 bridgehead atoms. The number of carbonyl (C=O) groups is 1. The number of aromatic nitrogens is 2. The molecule has 3 aromatic rings. The molecule has 3 heterocycles. The molecule has 0 aliphatic carbocycles. The van der Waals surface area contributed by atoms with Crippen molar-refractivity contribution in [3.63, 3.8) is 0 Å². The van der Waals surface area contributed by atoms with E-state index in [2.05, 4.69) is 54.1 Å². The molecule has 0 atom stereocenters. The number of rotatable bonds is 8. The third-order valence-electron chi connectivity index (χ3n) is 8.06. The number of benzene rings is 2. The molecule has 0 amide bonds. The lowest BCUT2D eigenvalue weighted by atomic mass is 9.84. The molecular formula is C30H34BClN7O2. The number of ether oxygens (including phenoxy) is 1. The zero-order valence-corrected chi connectivity index (χ0v) is 24.9. The Kier molecular flexibility index (Phi) is 8.12. The maximum Gasteiger partial charge on any atom is 0.329 e. The van der Waals surface area contributed by atoms with Gasteiger partial charge in [-0.1, -0.05) is 25.4 Å². The first-order chi connectivity index (χ1) is 19.6. The lowest BCUT2D eigenvalue weighted by Gasteiger charge is -2.37. The van der Waals surface area contributed by atoms with E-state index in [4.69, 9.17) is 21.3 Å². The van der Waals surface area contributed by atoms with Crippen LogP contribution in [-0.4, -0.2) is 75.3 Å². The summed E-state index contributed by atoms with van der Waals surface area (Å²) in [7, 11) is 7.37. The van der Waals surface area contributed by atoms with E-state index in [0.29, 0.717) is 46.3 Å². The maximum absolute atomic E-state index is 11.2. The largest absolute Gasteiger partial charge is 0.494 e. The smallest absolute Gasteiger partial charge is 0.329 e. The van der Waals surface area contributed by atoms with Crippen LogP contribution in [-0.2, 0) is 10.2 Å². The molecule has 1 radical (unpaired) electrons. The van der Waals surface area contributed by atoms with Crippen LogP contribution in [0.4, 0.5) is 23.0 Å². The highest BCUT2D eigenvalue weighted by Gasteiger charge is 2.37. The van der Waals surface area contributed by atoms with Crippen LogP contribution in [0.2, 0.25) is 5.02 Å². The fourth-order valence-electron chi connectivity index (χ4n) is 5.86.